The number of carbonyl (C=O) groups is 1. The lowest BCUT2D eigenvalue weighted by molar-refractivity contribution is -0.117. The highest BCUT2D eigenvalue weighted by molar-refractivity contribution is 6.01. The zero-order valence-electron chi connectivity index (χ0n) is 15.3. The number of aromatic nitrogens is 2. The van der Waals surface area contributed by atoms with E-state index in [0.29, 0.717) is 13.0 Å². The summed E-state index contributed by atoms with van der Waals surface area (Å²) in [5, 5.41) is 13.4. The number of aromatic amines is 1. The van der Waals surface area contributed by atoms with E-state index in [1.807, 2.05) is 62.0 Å². The minimum atomic E-state index is -0.340. The van der Waals surface area contributed by atoms with Gasteiger partial charge >= 0.3 is 0 Å². The zero-order valence-corrected chi connectivity index (χ0v) is 15.3. The summed E-state index contributed by atoms with van der Waals surface area (Å²) in [5.74, 6) is -0.340. The van der Waals surface area contributed by atoms with Gasteiger partial charge in [-0.15, -0.1) is 0 Å². The predicted molar refractivity (Wildman–Crippen MR) is 103 cm³/mol. The number of fused-ring (bicyclic) bond motifs is 1. The third kappa shape index (κ3) is 3.40. The van der Waals surface area contributed by atoms with E-state index in [1.54, 1.807) is 6.08 Å². The molecular formula is C21H22N4O. The number of para-hydroxylation sites is 1. The molecule has 0 bridgehead atoms. The standard InChI is InChI=1S/C21H22N4O/c1-14-10-17(15(2)25(14)3)11-18(12-22)21(26)23-9-8-16-13-24-20-7-5-4-6-19(16)20/h4-7,10-11,13,24H,8-9H2,1-3H3,(H,23,26)/b18-11+. The molecule has 1 aromatic carbocycles. The van der Waals surface area contributed by atoms with Gasteiger partial charge < -0.3 is 14.9 Å². The van der Waals surface area contributed by atoms with Crippen LogP contribution in [0, 0.1) is 25.2 Å². The molecule has 1 amide bonds. The maximum Gasteiger partial charge on any atom is 0.261 e. The van der Waals surface area contributed by atoms with Crippen molar-refractivity contribution in [3.63, 3.8) is 0 Å². The second-order valence-electron chi connectivity index (χ2n) is 6.42. The Morgan fingerprint density at radius 2 is 2.12 bits per heavy atom. The lowest BCUT2D eigenvalue weighted by Crippen LogP contribution is -2.26. The number of hydrogen-bond donors (Lipinski definition) is 2. The molecule has 0 unspecified atom stereocenters. The van der Waals surface area contributed by atoms with Gasteiger partial charge in [-0.05, 0) is 49.6 Å². The van der Waals surface area contributed by atoms with Crippen LogP contribution in [-0.2, 0) is 18.3 Å². The lowest BCUT2D eigenvalue weighted by atomic mass is 10.1. The van der Waals surface area contributed by atoms with Crippen LogP contribution in [0.5, 0.6) is 0 Å². The van der Waals surface area contributed by atoms with Gasteiger partial charge in [-0.3, -0.25) is 4.79 Å². The molecule has 0 aliphatic rings. The smallest absolute Gasteiger partial charge is 0.261 e. The van der Waals surface area contributed by atoms with Crippen molar-refractivity contribution >= 4 is 22.9 Å². The van der Waals surface area contributed by atoms with Crippen LogP contribution in [0.25, 0.3) is 17.0 Å². The third-order valence-corrected chi connectivity index (χ3v) is 4.83. The minimum Gasteiger partial charge on any atom is -0.361 e. The molecule has 26 heavy (non-hydrogen) atoms. The van der Waals surface area contributed by atoms with Gasteiger partial charge in [0.1, 0.15) is 11.6 Å². The highest BCUT2D eigenvalue weighted by Gasteiger charge is 2.12. The molecule has 5 nitrogen and oxygen atoms in total. The van der Waals surface area contributed by atoms with Gasteiger partial charge in [0.25, 0.3) is 5.91 Å². The number of nitrogens with one attached hydrogen (secondary N) is 2. The summed E-state index contributed by atoms with van der Waals surface area (Å²) < 4.78 is 2.04. The molecule has 5 heteroatoms. The van der Waals surface area contributed by atoms with Crippen LogP contribution in [0.15, 0.2) is 42.1 Å². The summed E-state index contributed by atoms with van der Waals surface area (Å²) in [6.45, 7) is 4.45. The molecule has 2 aromatic heterocycles. The van der Waals surface area contributed by atoms with Crippen LogP contribution in [0.2, 0.25) is 0 Å². The number of benzene rings is 1. The second kappa shape index (κ2) is 7.32. The molecule has 0 aliphatic carbocycles. The van der Waals surface area contributed by atoms with Crippen molar-refractivity contribution in [2.24, 2.45) is 7.05 Å². The Morgan fingerprint density at radius 3 is 2.81 bits per heavy atom. The topological polar surface area (TPSA) is 73.6 Å². The number of nitrogens with zero attached hydrogens (tertiary/aromatic N) is 2. The molecule has 2 heterocycles. The summed E-state index contributed by atoms with van der Waals surface area (Å²) in [6.07, 6.45) is 4.33. The monoisotopic (exact) mass is 346 g/mol. The molecule has 0 atom stereocenters. The van der Waals surface area contributed by atoms with Gasteiger partial charge in [0, 0.05) is 42.1 Å². The fourth-order valence-electron chi connectivity index (χ4n) is 3.08. The van der Waals surface area contributed by atoms with Crippen molar-refractivity contribution in [1.29, 1.82) is 5.26 Å². The molecule has 0 saturated carbocycles. The SMILES string of the molecule is Cc1cc(/C=C(\C#N)C(=O)NCCc2c[nH]c3ccccc23)c(C)n1C. The van der Waals surface area contributed by atoms with Gasteiger partial charge in [-0.1, -0.05) is 18.2 Å². The number of H-pyrrole nitrogens is 1. The first kappa shape index (κ1) is 17.6. The quantitative estimate of drug-likeness (QED) is 0.549. The van der Waals surface area contributed by atoms with E-state index in [9.17, 15) is 10.1 Å². The fourth-order valence-corrected chi connectivity index (χ4v) is 3.08. The number of rotatable bonds is 5. The summed E-state index contributed by atoms with van der Waals surface area (Å²) in [5.41, 5.74) is 5.37. The Hall–Kier alpha value is -3.26. The van der Waals surface area contributed by atoms with Crippen molar-refractivity contribution in [3.8, 4) is 6.07 Å². The van der Waals surface area contributed by atoms with Crippen LogP contribution in [0.3, 0.4) is 0 Å². The summed E-state index contributed by atoms with van der Waals surface area (Å²) >= 11 is 0. The van der Waals surface area contributed by atoms with Gasteiger partial charge in [-0.2, -0.15) is 5.26 Å². The highest BCUT2D eigenvalue weighted by atomic mass is 16.1. The van der Waals surface area contributed by atoms with E-state index in [2.05, 4.69) is 16.4 Å². The second-order valence-corrected chi connectivity index (χ2v) is 6.42. The van der Waals surface area contributed by atoms with Crippen molar-refractivity contribution in [2.45, 2.75) is 20.3 Å². The lowest BCUT2D eigenvalue weighted by Gasteiger charge is -2.04. The van der Waals surface area contributed by atoms with E-state index < -0.39 is 0 Å². The van der Waals surface area contributed by atoms with Crippen LogP contribution >= 0.6 is 0 Å². The van der Waals surface area contributed by atoms with Gasteiger partial charge in [0.05, 0.1) is 0 Å². The molecule has 3 rings (SSSR count). The Bertz CT molecular complexity index is 1030. The molecule has 0 saturated heterocycles. The molecule has 132 valence electrons. The van der Waals surface area contributed by atoms with Crippen LogP contribution < -0.4 is 5.32 Å². The van der Waals surface area contributed by atoms with Crippen molar-refractivity contribution < 1.29 is 4.79 Å². The van der Waals surface area contributed by atoms with Crippen molar-refractivity contribution in [1.82, 2.24) is 14.9 Å². The number of carbonyl (C=O) groups excluding carboxylic acids is 1. The van der Waals surface area contributed by atoms with E-state index in [-0.39, 0.29) is 11.5 Å². The minimum absolute atomic E-state index is 0.123. The molecular weight excluding hydrogens is 324 g/mol. The molecule has 0 aliphatic heterocycles. The van der Waals surface area contributed by atoms with Crippen molar-refractivity contribution in [2.75, 3.05) is 6.54 Å². The van der Waals surface area contributed by atoms with E-state index >= 15 is 0 Å². The molecule has 0 radical (unpaired) electrons. The van der Waals surface area contributed by atoms with Crippen molar-refractivity contribution in [3.05, 3.63) is 64.6 Å². The maximum atomic E-state index is 12.4. The van der Waals surface area contributed by atoms with E-state index in [0.717, 1.165) is 33.4 Å². The Kier molecular flexibility index (Phi) is 4.94. The molecule has 0 fully saturated rings. The van der Waals surface area contributed by atoms with E-state index in [4.69, 9.17) is 0 Å². The normalized spacial score (nSPS) is 11.5. The Labute approximate surface area is 152 Å². The zero-order chi connectivity index (χ0) is 18.7. The molecule has 3 aromatic rings. The Balaban J connectivity index is 1.67. The Morgan fingerprint density at radius 1 is 1.35 bits per heavy atom. The van der Waals surface area contributed by atoms with E-state index in [1.165, 1.54) is 0 Å². The van der Waals surface area contributed by atoms with Gasteiger partial charge in [0.15, 0.2) is 0 Å². The first-order valence-corrected chi connectivity index (χ1v) is 8.59. The van der Waals surface area contributed by atoms with Gasteiger partial charge in [0.2, 0.25) is 0 Å². The summed E-state index contributed by atoms with van der Waals surface area (Å²) in [4.78, 5) is 15.6. The average Bonchev–Trinajstić information content (AvgIpc) is 3.16. The average molecular weight is 346 g/mol. The van der Waals surface area contributed by atoms with Gasteiger partial charge in [-0.25, -0.2) is 0 Å². The number of hydrogen-bond acceptors (Lipinski definition) is 2. The number of nitriles is 1. The molecule has 2 N–H and O–H groups in total. The van der Waals surface area contributed by atoms with Crippen LogP contribution in [0.4, 0.5) is 0 Å². The first-order chi connectivity index (χ1) is 12.5. The fraction of sp³-hybridized carbons (Fsp3) is 0.238. The van der Waals surface area contributed by atoms with Crippen LogP contribution in [0.1, 0.15) is 22.5 Å². The maximum absolute atomic E-state index is 12.4. The predicted octanol–water partition coefficient (Wildman–Crippen LogP) is 3.39. The number of aryl methyl sites for hydroxylation is 1. The largest absolute Gasteiger partial charge is 0.361 e. The highest BCUT2D eigenvalue weighted by Crippen LogP contribution is 2.18. The number of amides is 1. The first-order valence-electron chi connectivity index (χ1n) is 8.59. The molecule has 0 spiro atoms. The van der Waals surface area contributed by atoms with Crippen LogP contribution in [-0.4, -0.2) is 22.0 Å². The third-order valence-electron chi connectivity index (χ3n) is 4.83. The summed E-state index contributed by atoms with van der Waals surface area (Å²) in [7, 11) is 1.97. The summed E-state index contributed by atoms with van der Waals surface area (Å²) in [6, 6.07) is 12.1.